The molecule has 0 aliphatic heterocycles. The van der Waals surface area contributed by atoms with Gasteiger partial charge in [-0.25, -0.2) is 4.98 Å². The van der Waals surface area contributed by atoms with Crippen molar-refractivity contribution in [3.05, 3.63) is 59.1 Å². The van der Waals surface area contributed by atoms with Crippen LogP contribution in [0.3, 0.4) is 0 Å². The molecule has 0 bridgehead atoms. The second kappa shape index (κ2) is 5.14. The highest BCUT2D eigenvalue weighted by Gasteiger charge is 2.45. The number of H-pyrrole nitrogens is 1. The van der Waals surface area contributed by atoms with Crippen molar-refractivity contribution in [1.29, 1.82) is 0 Å². The smallest absolute Gasteiger partial charge is 0.230 e. The van der Waals surface area contributed by atoms with Crippen molar-refractivity contribution in [1.82, 2.24) is 9.97 Å². The topological polar surface area (TPSA) is 57.8 Å². The van der Waals surface area contributed by atoms with Crippen molar-refractivity contribution in [3.8, 4) is 0 Å². The average molecular weight is 312 g/mol. The highest BCUT2D eigenvalue weighted by molar-refractivity contribution is 6.31. The Morgan fingerprint density at radius 2 is 1.95 bits per heavy atom. The largest absolute Gasteiger partial charge is 0.324 e. The van der Waals surface area contributed by atoms with E-state index >= 15 is 0 Å². The van der Waals surface area contributed by atoms with Crippen LogP contribution in [0.15, 0.2) is 48.5 Å². The number of nitrogens with zero attached hydrogens (tertiary/aromatic N) is 1. The Bertz CT molecular complexity index is 825. The molecule has 4 nitrogen and oxygen atoms in total. The first-order valence-corrected chi connectivity index (χ1v) is 7.60. The fourth-order valence-electron chi connectivity index (χ4n) is 2.83. The number of anilines is 1. The van der Waals surface area contributed by atoms with Crippen LogP contribution in [0.2, 0.25) is 5.02 Å². The maximum atomic E-state index is 12.3. The van der Waals surface area contributed by atoms with E-state index in [0.29, 0.717) is 5.95 Å². The van der Waals surface area contributed by atoms with E-state index in [1.54, 1.807) is 0 Å². The third-order valence-corrected chi connectivity index (χ3v) is 4.41. The van der Waals surface area contributed by atoms with E-state index in [0.717, 1.165) is 28.0 Å². The van der Waals surface area contributed by atoms with Crippen LogP contribution in [0.25, 0.3) is 11.0 Å². The Labute approximate surface area is 132 Å². The van der Waals surface area contributed by atoms with Gasteiger partial charge in [0, 0.05) is 10.9 Å². The fourth-order valence-corrected chi connectivity index (χ4v) is 3.10. The van der Waals surface area contributed by atoms with Gasteiger partial charge in [0.1, 0.15) is 0 Å². The third-order valence-electron chi connectivity index (χ3n) is 4.06. The van der Waals surface area contributed by atoms with Crippen LogP contribution in [0, 0.1) is 5.92 Å². The molecule has 0 radical (unpaired) electrons. The molecular formula is C17H14ClN3O. The van der Waals surface area contributed by atoms with Crippen LogP contribution < -0.4 is 5.32 Å². The van der Waals surface area contributed by atoms with Crippen LogP contribution in [-0.4, -0.2) is 15.9 Å². The number of fused-ring (bicyclic) bond motifs is 1. The van der Waals surface area contributed by atoms with Gasteiger partial charge in [-0.3, -0.25) is 10.1 Å². The maximum Gasteiger partial charge on any atom is 0.230 e. The number of carbonyl (C=O) groups is 1. The summed E-state index contributed by atoms with van der Waals surface area (Å²) in [6.45, 7) is 0. The molecule has 0 saturated heterocycles. The summed E-state index contributed by atoms with van der Waals surface area (Å²) in [6, 6.07) is 15.4. The molecule has 5 heteroatoms. The van der Waals surface area contributed by atoms with Crippen molar-refractivity contribution in [3.63, 3.8) is 0 Å². The summed E-state index contributed by atoms with van der Waals surface area (Å²) >= 11 is 6.19. The molecule has 4 rings (SSSR count). The second-order valence-corrected chi connectivity index (χ2v) is 5.97. The van der Waals surface area contributed by atoms with Gasteiger partial charge in [0.2, 0.25) is 11.9 Å². The van der Waals surface area contributed by atoms with Crippen molar-refractivity contribution < 1.29 is 4.79 Å². The lowest BCUT2D eigenvalue weighted by Crippen LogP contribution is -2.15. The molecule has 3 aromatic rings. The van der Waals surface area contributed by atoms with Gasteiger partial charge in [-0.2, -0.15) is 0 Å². The second-order valence-electron chi connectivity index (χ2n) is 5.56. The highest BCUT2D eigenvalue weighted by Crippen LogP contribution is 2.49. The molecule has 1 heterocycles. The molecule has 1 amide bonds. The molecule has 1 aliphatic rings. The Morgan fingerprint density at radius 3 is 2.77 bits per heavy atom. The van der Waals surface area contributed by atoms with Crippen LogP contribution in [0.5, 0.6) is 0 Å². The van der Waals surface area contributed by atoms with Crippen molar-refractivity contribution in [2.24, 2.45) is 5.92 Å². The fraction of sp³-hybridized carbons (Fsp3) is 0.176. The number of benzene rings is 2. The number of hydrogen-bond donors (Lipinski definition) is 2. The van der Waals surface area contributed by atoms with Crippen molar-refractivity contribution in [2.75, 3.05) is 5.32 Å². The number of aromatic amines is 1. The Balaban J connectivity index is 1.48. The van der Waals surface area contributed by atoms with Crippen molar-refractivity contribution in [2.45, 2.75) is 12.3 Å². The molecule has 1 aromatic heterocycles. The van der Waals surface area contributed by atoms with E-state index in [2.05, 4.69) is 15.3 Å². The number of nitrogens with one attached hydrogen (secondary N) is 2. The van der Waals surface area contributed by atoms with Crippen LogP contribution in [-0.2, 0) is 4.79 Å². The van der Waals surface area contributed by atoms with E-state index in [1.165, 1.54) is 0 Å². The quantitative estimate of drug-likeness (QED) is 0.769. The van der Waals surface area contributed by atoms with E-state index in [9.17, 15) is 4.79 Å². The van der Waals surface area contributed by atoms with E-state index < -0.39 is 0 Å². The predicted molar refractivity (Wildman–Crippen MR) is 87.0 cm³/mol. The van der Waals surface area contributed by atoms with Crippen LogP contribution >= 0.6 is 11.6 Å². The molecule has 0 unspecified atom stereocenters. The summed E-state index contributed by atoms with van der Waals surface area (Å²) in [5, 5.41) is 3.59. The summed E-state index contributed by atoms with van der Waals surface area (Å²) < 4.78 is 0. The van der Waals surface area contributed by atoms with E-state index in [1.807, 2.05) is 48.5 Å². The minimum atomic E-state index is -0.0342. The number of imidazole rings is 1. The Hall–Kier alpha value is -2.33. The standard InChI is InChI=1S/C17H14ClN3O/c18-13-6-2-1-5-10(13)11-9-12(11)16(22)21-17-19-14-7-3-4-8-15(14)20-17/h1-8,11-12H,9H2,(H2,19,20,21,22)/t11-,12-/m1/s1. The molecule has 0 spiro atoms. The van der Waals surface area contributed by atoms with Gasteiger partial charge < -0.3 is 4.98 Å². The summed E-state index contributed by atoms with van der Waals surface area (Å²) in [5.41, 5.74) is 2.81. The molecule has 1 fully saturated rings. The summed E-state index contributed by atoms with van der Waals surface area (Å²) in [7, 11) is 0. The van der Waals surface area contributed by atoms with Gasteiger partial charge in [0.15, 0.2) is 0 Å². The van der Waals surface area contributed by atoms with Gasteiger partial charge in [0.25, 0.3) is 0 Å². The summed E-state index contributed by atoms with van der Waals surface area (Å²) in [6.07, 6.45) is 0.829. The van der Waals surface area contributed by atoms with E-state index in [-0.39, 0.29) is 17.7 Å². The lowest BCUT2D eigenvalue weighted by Gasteiger charge is -2.03. The zero-order chi connectivity index (χ0) is 15.1. The lowest BCUT2D eigenvalue weighted by molar-refractivity contribution is -0.117. The number of hydrogen-bond acceptors (Lipinski definition) is 2. The first-order valence-electron chi connectivity index (χ1n) is 7.22. The summed E-state index contributed by atoms with van der Waals surface area (Å²) in [5.74, 6) is 0.658. The monoisotopic (exact) mass is 311 g/mol. The van der Waals surface area contributed by atoms with Gasteiger partial charge in [-0.15, -0.1) is 0 Å². The minimum absolute atomic E-state index is 0.0102. The Morgan fingerprint density at radius 1 is 1.18 bits per heavy atom. The number of halogens is 1. The average Bonchev–Trinajstić information content (AvgIpc) is 3.20. The Kier molecular flexibility index (Phi) is 3.12. The van der Waals surface area contributed by atoms with E-state index in [4.69, 9.17) is 11.6 Å². The van der Waals surface area contributed by atoms with Gasteiger partial charge >= 0.3 is 0 Å². The minimum Gasteiger partial charge on any atom is -0.324 e. The molecular weight excluding hydrogens is 298 g/mol. The molecule has 2 aromatic carbocycles. The number of aromatic nitrogens is 2. The number of amides is 1. The first-order chi connectivity index (χ1) is 10.7. The van der Waals surface area contributed by atoms with Gasteiger partial charge in [0.05, 0.1) is 11.0 Å². The zero-order valence-corrected chi connectivity index (χ0v) is 12.5. The molecule has 2 N–H and O–H groups in total. The molecule has 22 heavy (non-hydrogen) atoms. The highest BCUT2D eigenvalue weighted by atomic mass is 35.5. The summed E-state index contributed by atoms with van der Waals surface area (Å²) in [4.78, 5) is 19.8. The SMILES string of the molecule is O=C(Nc1nc2ccccc2[nH]1)[C@@H]1C[C@@H]1c1ccccc1Cl. The number of carbonyl (C=O) groups excluding carboxylic acids is 1. The molecule has 1 saturated carbocycles. The third kappa shape index (κ3) is 2.35. The number of para-hydroxylation sites is 2. The molecule has 2 atom stereocenters. The van der Waals surface area contributed by atoms with Crippen LogP contribution in [0.4, 0.5) is 5.95 Å². The zero-order valence-electron chi connectivity index (χ0n) is 11.7. The lowest BCUT2D eigenvalue weighted by atomic mass is 10.1. The number of rotatable bonds is 3. The normalized spacial score (nSPS) is 20.0. The van der Waals surface area contributed by atoms with Gasteiger partial charge in [-0.05, 0) is 36.1 Å². The molecule has 110 valence electrons. The van der Waals surface area contributed by atoms with Crippen molar-refractivity contribution >= 4 is 34.5 Å². The van der Waals surface area contributed by atoms with Gasteiger partial charge in [-0.1, -0.05) is 41.9 Å². The van der Waals surface area contributed by atoms with Crippen LogP contribution in [0.1, 0.15) is 17.9 Å². The predicted octanol–water partition coefficient (Wildman–Crippen LogP) is 3.96. The first kappa shape index (κ1) is 13.3. The molecule has 1 aliphatic carbocycles. The maximum absolute atomic E-state index is 12.3.